The molecule has 2 aromatic rings. The molecule has 0 bridgehead atoms. The van der Waals surface area contributed by atoms with Gasteiger partial charge in [0.2, 0.25) is 0 Å². The summed E-state index contributed by atoms with van der Waals surface area (Å²) in [5, 5.41) is 12.5. The summed E-state index contributed by atoms with van der Waals surface area (Å²) in [7, 11) is 0. The van der Waals surface area contributed by atoms with Crippen molar-refractivity contribution in [3.05, 3.63) is 52.4 Å². The van der Waals surface area contributed by atoms with Gasteiger partial charge in [-0.3, -0.25) is 0 Å². The van der Waals surface area contributed by atoms with Crippen molar-refractivity contribution in [2.24, 2.45) is 0 Å². The second-order valence-electron chi connectivity index (χ2n) is 3.67. The lowest BCUT2D eigenvalue weighted by atomic mass is 10.2. The summed E-state index contributed by atoms with van der Waals surface area (Å²) in [4.78, 5) is 0. The van der Waals surface area contributed by atoms with Crippen LogP contribution in [0.4, 0.5) is 5.69 Å². The van der Waals surface area contributed by atoms with E-state index in [1.165, 1.54) is 0 Å². The molecule has 0 saturated carbocycles. The molecule has 0 fully saturated rings. The summed E-state index contributed by atoms with van der Waals surface area (Å²) in [5.41, 5.74) is 1.31. The van der Waals surface area contributed by atoms with Crippen LogP contribution in [0.25, 0.3) is 0 Å². The van der Waals surface area contributed by atoms with Crippen LogP contribution in [0.1, 0.15) is 17.1 Å². The van der Waals surface area contributed by atoms with Crippen LogP contribution in [0, 0.1) is 18.3 Å². The number of benzene rings is 1. The molecule has 1 N–H and O–H groups in total. The zero-order valence-electron chi connectivity index (χ0n) is 9.33. The molecule has 0 amide bonds. The second kappa shape index (κ2) is 4.94. The molecule has 1 aromatic carbocycles. The average Bonchev–Trinajstić information content (AvgIpc) is 2.74. The number of halogens is 1. The van der Waals surface area contributed by atoms with Gasteiger partial charge in [0.15, 0.2) is 0 Å². The van der Waals surface area contributed by atoms with Crippen LogP contribution in [-0.4, -0.2) is 0 Å². The quantitative estimate of drug-likeness (QED) is 0.898. The van der Waals surface area contributed by atoms with Crippen molar-refractivity contribution < 1.29 is 4.42 Å². The van der Waals surface area contributed by atoms with Crippen molar-refractivity contribution in [2.45, 2.75) is 13.5 Å². The van der Waals surface area contributed by atoms with Crippen LogP contribution >= 0.6 is 11.6 Å². The molecular formula is C13H11ClN2O. The Hall–Kier alpha value is -1.92. The molecule has 0 spiro atoms. The summed E-state index contributed by atoms with van der Waals surface area (Å²) in [6.07, 6.45) is 0. The number of rotatable bonds is 3. The number of furan rings is 1. The summed E-state index contributed by atoms with van der Waals surface area (Å²) in [5.74, 6) is 1.71. The molecule has 0 atom stereocenters. The second-order valence-corrected chi connectivity index (χ2v) is 4.08. The van der Waals surface area contributed by atoms with Crippen molar-refractivity contribution in [1.82, 2.24) is 0 Å². The zero-order chi connectivity index (χ0) is 12.3. The Balaban J connectivity index is 2.11. The van der Waals surface area contributed by atoms with E-state index in [9.17, 15) is 0 Å². The average molecular weight is 247 g/mol. The summed E-state index contributed by atoms with van der Waals surface area (Å²) in [6.45, 7) is 2.44. The highest BCUT2D eigenvalue weighted by molar-refractivity contribution is 6.33. The van der Waals surface area contributed by atoms with Gasteiger partial charge in [-0.2, -0.15) is 5.26 Å². The Morgan fingerprint density at radius 1 is 1.35 bits per heavy atom. The smallest absolute Gasteiger partial charge is 0.123 e. The van der Waals surface area contributed by atoms with Gasteiger partial charge in [0.25, 0.3) is 0 Å². The number of aryl methyl sites for hydroxylation is 1. The topological polar surface area (TPSA) is 49.0 Å². The molecular weight excluding hydrogens is 236 g/mol. The van der Waals surface area contributed by atoms with Crippen molar-refractivity contribution in [3.8, 4) is 6.07 Å². The number of nitriles is 1. The molecule has 0 saturated heterocycles. The van der Waals surface area contributed by atoms with Gasteiger partial charge in [-0.1, -0.05) is 11.6 Å². The fourth-order valence-corrected chi connectivity index (χ4v) is 1.68. The fraction of sp³-hybridized carbons (Fsp3) is 0.154. The molecule has 86 valence electrons. The van der Waals surface area contributed by atoms with E-state index in [1.807, 2.05) is 19.1 Å². The first-order valence-corrected chi connectivity index (χ1v) is 5.55. The lowest BCUT2D eigenvalue weighted by Gasteiger charge is -2.06. The van der Waals surface area contributed by atoms with Crippen molar-refractivity contribution in [3.63, 3.8) is 0 Å². The van der Waals surface area contributed by atoms with Gasteiger partial charge in [0.1, 0.15) is 11.5 Å². The highest BCUT2D eigenvalue weighted by Crippen LogP contribution is 2.23. The third-order valence-electron chi connectivity index (χ3n) is 2.34. The fourth-order valence-electron chi connectivity index (χ4n) is 1.49. The standard InChI is InChI=1S/C13H11ClN2O/c1-9-2-4-11(17-9)8-16-13-6-10(7-15)3-5-12(13)14/h2-6,16H,8H2,1H3. The maximum Gasteiger partial charge on any atom is 0.123 e. The van der Waals surface area contributed by atoms with E-state index in [2.05, 4.69) is 11.4 Å². The Morgan fingerprint density at radius 3 is 2.82 bits per heavy atom. The summed E-state index contributed by atoms with van der Waals surface area (Å²) >= 11 is 6.02. The summed E-state index contributed by atoms with van der Waals surface area (Å²) in [6, 6.07) is 11.0. The summed E-state index contributed by atoms with van der Waals surface area (Å²) < 4.78 is 5.43. The van der Waals surface area contributed by atoms with E-state index in [0.717, 1.165) is 17.2 Å². The van der Waals surface area contributed by atoms with Gasteiger partial charge >= 0.3 is 0 Å². The first-order chi connectivity index (χ1) is 8.19. The maximum atomic E-state index is 8.80. The minimum absolute atomic E-state index is 0.544. The monoisotopic (exact) mass is 246 g/mol. The minimum atomic E-state index is 0.544. The molecule has 17 heavy (non-hydrogen) atoms. The van der Waals surface area contributed by atoms with Crippen LogP contribution in [-0.2, 0) is 6.54 Å². The maximum absolute atomic E-state index is 8.80. The van der Waals surface area contributed by atoms with Crippen molar-refractivity contribution in [2.75, 3.05) is 5.32 Å². The lowest BCUT2D eigenvalue weighted by molar-refractivity contribution is 0.490. The van der Waals surface area contributed by atoms with Crippen LogP contribution in [0.3, 0.4) is 0 Å². The molecule has 0 aliphatic heterocycles. The van der Waals surface area contributed by atoms with Crippen LogP contribution in [0.15, 0.2) is 34.7 Å². The van der Waals surface area contributed by atoms with E-state index in [-0.39, 0.29) is 0 Å². The van der Waals surface area contributed by atoms with Gasteiger partial charge in [0.05, 0.1) is 28.9 Å². The third kappa shape index (κ3) is 2.80. The van der Waals surface area contributed by atoms with E-state index in [1.54, 1.807) is 18.2 Å². The van der Waals surface area contributed by atoms with Gasteiger partial charge in [-0.05, 0) is 37.3 Å². The van der Waals surface area contributed by atoms with Gasteiger partial charge in [0, 0.05) is 0 Å². The predicted molar refractivity (Wildman–Crippen MR) is 66.9 cm³/mol. The Morgan fingerprint density at radius 2 is 2.18 bits per heavy atom. The Kier molecular flexibility index (Phi) is 3.36. The predicted octanol–water partition coefficient (Wildman–Crippen LogP) is 3.73. The van der Waals surface area contributed by atoms with Crippen LogP contribution < -0.4 is 5.32 Å². The normalized spacial score (nSPS) is 9.94. The van der Waals surface area contributed by atoms with E-state index < -0.39 is 0 Å². The molecule has 0 aliphatic rings. The molecule has 0 radical (unpaired) electrons. The first-order valence-electron chi connectivity index (χ1n) is 5.18. The molecule has 1 heterocycles. The van der Waals surface area contributed by atoms with E-state index in [4.69, 9.17) is 21.3 Å². The SMILES string of the molecule is Cc1ccc(CNc2cc(C#N)ccc2Cl)o1. The van der Waals surface area contributed by atoms with Crippen molar-refractivity contribution >= 4 is 17.3 Å². The number of anilines is 1. The molecule has 1 aromatic heterocycles. The Bertz CT molecular complexity index is 569. The van der Waals surface area contributed by atoms with Gasteiger partial charge < -0.3 is 9.73 Å². The largest absolute Gasteiger partial charge is 0.465 e. The van der Waals surface area contributed by atoms with E-state index in [0.29, 0.717) is 17.1 Å². The van der Waals surface area contributed by atoms with E-state index >= 15 is 0 Å². The Labute approximate surface area is 105 Å². The third-order valence-corrected chi connectivity index (χ3v) is 2.67. The highest BCUT2D eigenvalue weighted by atomic mass is 35.5. The highest BCUT2D eigenvalue weighted by Gasteiger charge is 2.03. The minimum Gasteiger partial charge on any atom is -0.465 e. The van der Waals surface area contributed by atoms with Gasteiger partial charge in [-0.15, -0.1) is 0 Å². The molecule has 4 heteroatoms. The molecule has 0 aliphatic carbocycles. The van der Waals surface area contributed by atoms with Gasteiger partial charge in [-0.25, -0.2) is 0 Å². The molecule has 3 nitrogen and oxygen atoms in total. The number of nitrogens with zero attached hydrogens (tertiary/aromatic N) is 1. The number of hydrogen-bond acceptors (Lipinski definition) is 3. The number of hydrogen-bond donors (Lipinski definition) is 1. The first kappa shape index (κ1) is 11.6. The van der Waals surface area contributed by atoms with Crippen molar-refractivity contribution in [1.29, 1.82) is 5.26 Å². The number of nitrogens with one attached hydrogen (secondary N) is 1. The zero-order valence-corrected chi connectivity index (χ0v) is 10.1. The van der Waals surface area contributed by atoms with Crippen LogP contribution in [0.2, 0.25) is 5.02 Å². The lowest BCUT2D eigenvalue weighted by Crippen LogP contribution is -1.99. The van der Waals surface area contributed by atoms with Crippen LogP contribution in [0.5, 0.6) is 0 Å². The molecule has 0 unspecified atom stereocenters. The molecule has 2 rings (SSSR count).